The van der Waals surface area contributed by atoms with Crippen molar-refractivity contribution >= 4 is 31.9 Å². The zero-order valence-corrected chi connectivity index (χ0v) is 15.0. The standard InChI is InChI=1S/C16H16BrFN2O3S/c17-14(9-12-3-1-2-4-15(12)18)16(21)20-10-11-5-7-13(8-6-11)24(19,22)23/h1-8,14H,9-10H2,(H,20,21)(H2,19,22,23). The number of hydrogen-bond donors (Lipinski definition) is 2. The number of hydrogen-bond acceptors (Lipinski definition) is 3. The van der Waals surface area contributed by atoms with E-state index in [-0.39, 0.29) is 29.6 Å². The smallest absolute Gasteiger partial charge is 0.238 e. The summed E-state index contributed by atoms with van der Waals surface area (Å²) >= 11 is 3.25. The van der Waals surface area contributed by atoms with Gasteiger partial charge in [0.15, 0.2) is 0 Å². The molecular formula is C16H16BrFN2O3S. The number of carbonyl (C=O) groups excluding carboxylic acids is 1. The maximum atomic E-state index is 13.6. The molecule has 2 aromatic carbocycles. The van der Waals surface area contributed by atoms with E-state index < -0.39 is 14.9 Å². The van der Waals surface area contributed by atoms with Crippen LogP contribution in [0.25, 0.3) is 0 Å². The summed E-state index contributed by atoms with van der Waals surface area (Å²) in [6, 6.07) is 12.2. The van der Waals surface area contributed by atoms with Crippen molar-refractivity contribution in [2.75, 3.05) is 0 Å². The van der Waals surface area contributed by atoms with E-state index in [4.69, 9.17) is 5.14 Å². The summed E-state index contributed by atoms with van der Waals surface area (Å²) in [5, 5.41) is 7.73. The Kier molecular flexibility index (Phi) is 6.09. The van der Waals surface area contributed by atoms with Gasteiger partial charge in [0.1, 0.15) is 5.82 Å². The molecule has 1 amide bonds. The number of alkyl halides is 1. The van der Waals surface area contributed by atoms with Gasteiger partial charge in [0.25, 0.3) is 0 Å². The molecule has 3 N–H and O–H groups in total. The number of amides is 1. The fourth-order valence-corrected chi connectivity index (χ4v) is 3.07. The molecule has 0 saturated carbocycles. The first-order valence-corrected chi connectivity index (χ1v) is 9.50. The maximum Gasteiger partial charge on any atom is 0.238 e. The average Bonchev–Trinajstić information content (AvgIpc) is 2.54. The van der Waals surface area contributed by atoms with Crippen LogP contribution in [0, 0.1) is 5.82 Å². The molecule has 0 aliphatic rings. The van der Waals surface area contributed by atoms with Crippen molar-refractivity contribution in [2.45, 2.75) is 22.7 Å². The van der Waals surface area contributed by atoms with Crippen LogP contribution in [0.1, 0.15) is 11.1 Å². The van der Waals surface area contributed by atoms with E-state index in [1.807, 2.05) is 0 Å². The second kappa shape index (κ2) is 7.87. The van der Waals surface area contributed by atoms with Crippen LogP contribution in [-0.2, 0) is 27.8 Å². The maximum absolute atomic E-state index is 13.6. The Hall–Kier alpha value is -1.77. The summed E-state index contributed by atoms with van der Waals surface area (Å²) in [7, 11) is -3.73. The fourth-order valence-electron chi connectivity index (χ4n) is 2.05. The molecule has 5 nitrogen and oxygen atoms in total. The molecule has 0 bridgehead atoms. The van der Waals surface area contributed by atoms with Crippen LogP contribution in [0.15, 0.2) is 53.4 Å². The minimum absolute atomic E-state index is 0.00972. The number of nitrogens with one attached hydrogen (secondary N) is 1. The van der Waals surface area contributed by atoms with Gasteiger partial charge in [-0.2, -0.15) is 0 Å². The van der Waals surface area contributed by atoms with Gasteiger partial charge in [-0.1, -0.05) is 46.3 Å². The largest absolute Gasteiger partial charge is 0.351 e. The summed E-state index contributed by atoms with van der Waals surface area (Å²) < 4.78 is 35.9. The van der Waals surface area contributed by atoms with E-state index in [9.17, 15) is 17.6 Å². The summed E-state index contributed by atoms with van der Waals surface area (Å²) in [4.78, 5) is 11.5. The van der Waals surface area contributed by atoms with Crippen LogP contribution < -0.4 is 10.5 Å². The van der Waals surface area contributed by atoms with Crippen LogP contribution in [0.3, 0.4) is 0 Å². The predicted molar refractivity (Wildman–Crippen MR) is 92.5 cm³/mol. The Morgan fingerprint density at radius 2 is 1.79 bits per heavy atom. The van der Waals surface area contributed by atoms with Gasteiger partial charge in [-0.25, -0.2) is 17.9 Å². The van der Waals surface area contributed by atoms with Gasteiger partial charge in [-0.05, 0) is 35.7 Å². The van der Waals surface area contributed by atoms with Gasteiger partial charge in [0.2, 0.25) is 15.9 Å². The SMILES string of the molecule is NS(=O)(=O)c1ccc(CNC(=O)C(Br)Cc2ccccc2F)cc1. The summed E-state index contributed by atoms with van der Waals surface area (Å²) in [5.74, 6) is -0.637. The van der Waals surface area contributed by atoms with Crippen molar-refractivity contribution in [1.29, 1.82) is 0 Å². The average molecular weight is 415 g/mol. The number of sulfonamides is 1. The lowest BCUT2D eigenvalue weighted by molar-refractivity contribution is -0.120. The zero-order chi connectivity index (χ0) is 17.7. The molecule has 128 valence electrons. The normalized spacial score (nSPS) is 12.6. The Balaban J connectivity index is 1.92. The molecule has 2 aromatic rings. The van der Waals surface area contributed by atoms with E-state index in [0.717, 1.165) is 5.56 Å². The highest BCUT2D eigenvalue weighted by Crippen LogP contribution is 2.14. The van der Waals surface area contributed by atoms with E-state index in [0.29, 0.717) is 5.56 Å². The topological polar surface area (TPSA) is 89.3 Å². The monoisotopic (exact) mass is 414 g/mol. The first kappa shape index (κ1) is 18.6. The highest BCUT2D eigenvalue weighted by Gasteiger charge is 2.17. The predicted octanol–water partition coefficient (Wildman–Crippen LogP) is 2.10. The Morgan fingerprint density at radius 1 is 1.17 bits per heavy atom. The highest BCUT2D eigenvalue weighted by molar-refractivity contribution is 9.10. The summed E-state index contributed by atoms with van der Waals surface area (Å²) in [6.07, 6.45) is 0.225. The minimum atomic E-state index is -3.73. The molecular weight excluding hydrogens is 399 g/mol. The van der Waals surface area contributed by atoms with Crippen molar-refractivity contribution in [1.82, 2.24) is 5.32 Å². The van der Waals surface area contributed by atoms with Crippen molar-refractivity contribution in [2.24, 2.45) is 5.14 Å². The molecule has 0 heterocycles. The van der Waals surface area contributed by atoms with E-state index in [2.05, 4.69) is 21.2 Å². The number of halogens is 2. The third-order valence-corrected chi connectivity index (χ3v) is 5.03. The zero-order valence-electron chi connectivity index (χ0n) is 12.6. The number of primary sulfonamides is 1. The van der Waals surface area contributed by atoms with E-state index >= 15 is 0 Å². The molecule has 0 aliphatic heterocycles. The van der Waals surface area contributed by atoms with Gasteiger partial charge in [0, 0.05) is 6.54 Å². The molecule has 0 saturated heterocycles. The second-order valence-electron chi connectivity index (χ2n) is 5.17. The minimum Gasteiger partial charge on any atom is -0.351 e. The van der Waals surface area contributed by atoms with Crippen LogP contribution in [0.4, 0.5) is 4.39 Å². The van der Waals surface area contributed by atoms with Crippen molar-refractivity contribution < 1.29 is 17.6 Å². The van der Waals surface area contributed by atoms with Crippen LogP contribution in [0.2, 0.25) is 0 Å². The van der Waals surface area contributed by atoms with Gasteiger partial charge < -0.3 is 5.32 Å². The second-order valence-corrected chi connectivity index (χ2v) is 7.84. The molecule has 24 heavy (non-hydrogen) atoms. The molecule has 0 aromatic heterocycles. The summed E-state index contributed by atoms with van der Waals surface area (Å²) in [6.45, 7) is 0.225. The first-order valence-electron chi connectivity index (χ1n) is 7.04. The number of benzene rings is 2. The third kappa shape index (κ3) is 5.12. The Morgan fingerprint density at radius 3 is 2.38 bits per heavy atom. The molecule has 2 rings (SSSR count). The number of nitrogens with two attached hydrogens (primary N) is 1. The van der Waals surface area contributed by atoms with Gasteiger partial charge >= 0.3 is 0 Å². The van der Waals surface area contributed by atoms with Crippen molar-refractivity contribution in [3.8, 4) is 0 Å². The molecule has 8 heteroatoms. The van der Waals surface area contributed by atoms with Crippen molar-refractivity contribution in [3.63, 3.8) is 0 Å². The number of carbonyl (C=O) groups is 1. The van der Waals surface area contributed by atoms with Crippen LogP contribution in [0.5, 0.6) is 0 Å². The highest BCUT2D eigenvalue weighted by atomic mass is 79.9. The third-order valence-electron chi connectivity index (χ3n) is 3.36. The lowest BCUT2D eigenvalue weighted by atomic mass is 10.1. The first-order chi connectivity index (χ1) is 11.3. The quantitative estimate of drug-likeness (QED) is 0.709. The lowest BCUT2D eigenvalue weighted by Gasteiger charge is -2.12. The fraction of sp³-hybridized carbons (Fsp3) is 0.188. The Bertz CT molecular complexity index is 825. The van der Waals surface area contributed by atoms with E-state index in [1.165, 1.54) is 18.2 Å². The molecule has 0 aliphatic carbocycles. The molecule has 0 fully saturated rings. The van der Waals surface area contributed by atoms with Gasteiger partial charge in [0.05, 0.1) is 9.72 Å². The van der Waals surface area contributed by atoms with Crippen LogP contribution in [-0.4, -0.2) is 19.2 Å². The van der Waals surface area contributed by atoms with Crippen LogP contribution >= 0.6 is 15.9 Å². The number of rotatable bonds is 6. The summed E-state index contributed by atoms with van der Waals surface area (Å²) in [5.41, 5.74) is 1.17. The Labute approximate surface area is 148 Å². The molecule has 1 unspecified atom stereocenters. The van der Waals surface area contributed by atoms with Gasteiger partial charge in [-0.15, -0.1) is 0 Å². The molecule has 1 atom stereocenters. The van der Waals surface area contributed by atoms with E-state index in [1.54, 1.807) is 30.3 Å². The van der Waals surface area contributed by atoms with Crippen molar-refractivity contribution in [3.05, 3.63) is 65.5 Å². The lowest BCUT2D eigenvalue weighted by Crippen LogP contribution is -2.32. The molecule has 0 radical (unpaired) electrons. The molecule has 0 spiro atoms. The van der Waals surface area contributed by atoms with Gasteiger partial charge in [-0.3, -0.25) is 4.79 Å².